The normalized spacial score (nSPS) is 16.9. The van der Waals surface area contributed by atoms with Gasteiger partial charge in [-0.1, -0.05) is 54.9 Å². The Labute approximate surface area is 218 Å². The smallest absolute Gasteiger partial charge is 0.358 e. The molecule has 0 fully saturated rings. The lowest BCUT2D eigenvalue weighted by molar-refractivity contribution is -0.140. The quantitative estimate of drug-likeness (QED) is 0.353. The van der Waals surface area contributed by atoms with Crippen LogP contribution in [0, 0.1) is 5.82 Å². The fraction of sp³-hybridized carbons (Fsp3) is 0.407. The number of rotatable bonds is 8. The maximum absolute atomic E-state index is 14.3. The van der Waals surface area contributed by atoms with E-state index in [2.05, 4.69) is 26.7 Å². The molecule has 1 N–H and O–H groups in total. The van der Waals surface area contributed by atoms with E-state index in [1.165, 1.54) is 6.07 Å². The minimum atomic E-state index is -4.76. The van der Waals surface area contributed by atoms with E-state index < -0.39 is 23.6 Å². The molecule has 1 aliphatic heterocycles. The van der Waals surface area contributed by atoms with Crippen LogP contribution >= 0.6 is 11.6 Å². The molecule has 0 bridgehead atoms. The number of carbonyl (C=O) groups excluding carboxylic acids is 1. The highest BCUT2D eigenvalue weighted by molar-refractivity contribution is 6.30. The predicted molar refractivity (Wildman–Crippen MR) is 134 cm³/mol. The van der Waals surface area contributed by atoms with Gasteiger partial charge in [-0.15, -0.1) is 0 Å². The van der Waals surface area contributed by atoms with Crippen LogP contribution < -0.4 is 5.32 Å². The van der Waals surface area contributed by atoms with E-state index in [9.17, 15) is 22.4 Å². The number of likely N-dealkylation sites (N-methyl/N-ethyl adjacent to an activating group) is 1. The standard InChI is InChI=1S/C27H29ClF4N4O/c1-3-7-22-34-25(28)24-21(13-11-17-10-12-19(20(29)16-17)27(30,31)32)35(14-15-36(22)24)23(26(37)33-2)18-8-5-4-6-9-18/h4-6,8-10,12,16,21,23H,3,7,11,13-15H2,1-2H3,(H,33,37)/t21-,23+/m0/s1. The summed E-state index contributed by atoms with van der Waals surface area (Å²) in [6.07, 6.45) is -2.43. The van der Waals surface area contributed by atoms with E-state index >= 15 is 0 Å². The summed E-state index contributed by atoms with van der Waals surface area (Å²) in [7, 11) is 1.58. The van der Waals surface area contributed by atoms with Gasteiger partial charge < -0.3 is 9.88 Å². The van der Waals surface area contributed by atoms with Gasteiger partial charge in [-0.2, -0.15) is 13.2 Å². The van der Waals surface area contributed by atoms with Crippen molar-refractivity contribution < 1.29 is 22.4 Å². The fourth-order valence-corrected chi connectivity index (χ4v) is 5.44. The Hall–Kier alpha value is -2.91. The van der Waals surface area contributed by atoms with Crippen molar-refractivity contribution in [3.63, 3.8) is 0 Å². The zero-order valence-electron chi connectivity index (χ0n) is 20.7. The van der Waals surface area contributed by atoms with Crippen LogP contribution in [0.2, 0.25) is 5.15 Å². The van der Waals surface area contributed by atoms with Gasteiger partial charge in [0.25, 0.3) is 0 Å². The Morgan fingerprint density at radius 1 is 1.16 bits per heavy atom. The van der Waals surface area contributed by atoms with E-state index in [1.54, 1.807) is 7.05 Å². The number of alkyl halides is 3. The zero-order chi connectivity index (χ0) is 26.7. The summed E-state index contributed by atoms with van der Waals surface area (Å²) < 4.78 is 55.5. The van der Waals surface area contributed by atoms with Crippen LogP contribution in [-0.4, -0.2) is 34.0 Å². The number of amides is 1. The lowest BCUT2D eigenvalue weighted by Gasteiger charge is -2.41. The molecule has 37 heavy (non-hydrogen) atoms. The molecule has 0 saturated carbocycles. The second-order valence-corrected chi connectivity index (χ2v) is 9.50. The molecule has 1 aromatic heterocycles. The number of hydrogen-bond donors (Lipinski definition) is 1. The van der Waals surface area contributed by atoms with Gasteiger partial charge in [-0.25, -0.2) is 9.37 Å². The van der Waals surface area contributed by atoms with E-state index in [0.717, 1.165) is 42.1 Å². The average Bonchev–Trinajstić information content (AvgIpc) is 3.18. The third-order valence-corrected chi connectivity index (χ3v) is 7.08. The fourth-order valence-electron chi connectivity index (χ4n) is 5.12. The first-order valence-electron chi connectivity index (χ1n) is 12.3. The van der Waals surface area contributed by atoms with Gasteiger partial charge in [-0.05, 0) is 42.5 Å². The van der Waals surface area contributed by atoms with Crippen molar-refractivity contribution in [1.82, 2.24) is 19.8 Å². The molecule has 0 aliphatic carbocycles. The summed E-state index contributed by atoms with van der Waals surface area (Å²) in [5.74, 6) is -0.620. The molecular formula is C27H29ClF4N4O. The largest absolute Gasteiger partial charge is 0.419 e. The Kier molecular flexibility index (Phi) is 8.23. The summed E-state index contributed by atoms with van der Waals surface area (Å²) in [6.45, 7) is 3.18. The lowest BCUT2D eigenvalue weighted by atomic mass is 9.95. The molecule has 0 saturated heterocycles. The molecule has 4 rings (SSSR count). The predicted octanol–water partition coefficient (Wildman–Crippen LogP) is 6.12. The number of aryl methyl sites for hydroxylation is 2. The van der Waals surface area contributed by atoms with Gasteiger partial charge in [0.05, 0.1) is 17.3 Å². The number of hydrogen-bond acceptors (Lipinski definition) is 3. The van der Waals surface area contributed by atoms with Crippen molar-refractivity contribution in [2.45, 2.75) is 57.4 Å². The number of fused-ring (bicyclic) bond motifs is 1. The third-order valence-electron chi connectivity index (χ3n) is 6.80. The van der Waals surface area contributed by atoms with Crippen molar-refractivity contribution >= 4 is 17.5 Å². The van der Waals surface area contributed by atoms with Crippen LogP contribution in [0.3, 0.4) is 0 Å². The van der Waals surface area contributed by atoms with Crippen LogP contribution in [-0.2, 0) is 30.4 Å². The SMILES string of the molecule is CCCc1nc(Cl)c2n1CCN([C@@H](C(=O)NC)c1ccccc1)[C@H]2CCc1ccc(C(F)(F)F)c(F)c1. The highest BCUT2D eigenvalue weighted by Gasteiger charge is 2.39. The Morgan fingerprint density at radius 3 is 2.51 bits per heavy atom. The minimum absolute atomic E-state index is 0.186. The molecule has 2 atom stereocenters. The van der Waals surface area contributed by atoms with Gasteiger partial charge in [0.1, 0.15) is 17.7 Å². The summed E-state index contributed by atoms with van der Waals surface area (Å²) in [6, 6.07) is 11.4. The summed E-state index contributed by atoms with van der Waals surface area (Å²) in [5.41, 5.74) is 0.728. The van der Waals surface area contributed by atoms with E-state index in [0.29, 0.717) is 30.2 Å². The Balaban J connectivity index is 1.73. The van der Waals surface area contributed by atoms with Crippen molar-refractivity contribution in [3.8, 4) is 0 Å². The maximum atomic E-state index is 14.3. The minimum Gasteiger partial charge on any atom is -0.358 e. The van der Waals surface area contributed by atoms with Crippen LogP contribution in [0.1, 0.15) is 60.1 Å². The van der Waals surface area contributed by atoms with E-state index in [-0.39, 0.29) is 18.4 Å². The molecule has 5 nitrogen and oxygen atoms in total. The molecule has 1 aliphatic rings. The molecule has 0 unspecified atom stereocenters. The van der Waals surface area contributed by atoms with Gasteiger partial charge in [0.15, 0.2) is 5.15 Å². The summed E-state index contributed by atoms with van der Waals surface area (Å²) in [4.78, 5) is 19.8. The van der Waals surface area contributed by atoms with Crippen molar-refractivity contribution in [1.29, 1.82) is 0 Å². The maximum Gasteiger partial charge on any atom is 0.419 e. The summed E-state index contributed by atoms with van der Waals surface area (Å²) >= 11 is 6.66. The second-order valence-electron chi connectivity index (χ2n) is 9.14. The molecule has 3 aromatic rings. The first kappa shape index (κ1) is 27.1. The van der Waals surface area contributed by atoms with Gasteiger partial charge >= 0.3 is 6.18 Å². The number of benzene rings is 2. The molecule has 10 heteroatoms. The van der Waals surface area contributed by atoms with Crippen LogP contribution in [0.25, 0.3) is 0 Å². The molecule has 0 spiro atoms. The summed E-state index contributed by atoms with van der Waals surface area (Å²) in [5, 5.41) is 3.10. The molecular weight excluding hydrogens is 508 g/mol. The Morgan fingerprint density at radius 2 is 1.89 bits per heavy atom. The topological polar surface area (TPSA) is 50.2 Å². The molecule has 2 aromatic carbocycles. The van der Waals surface area contributed by atoms with Gasteiger partial charge in [0.2, 0.25) is 5.91 Å². The Bertz CT molecular complexity index is 1250. The number of nitrogens with zero attached hydrogens (tertiary/aromatic N) is 3. The number of aromatic nitrogens is 2. The first-order chi connectivity index (χ1) is 17.7. The van der Waals surface area contributed by atoms with Crippen molar-refractivity contribution in [2.75, 3.05) is 13.6 Å². The molecule has 2 heterocycles. The van der Waals surface area contributed by atoms with Crippen LogP contribution in [0.4, 0.5) is 17.6 Å². The molecule has 0 radical (unpaired) electrons. The van der Waals surface area contributed by atoms with Crippen LogP contribution in [0.15, 0.2) is 48.5 Å². The van der Waals surface area contributed by atoms with Crippen molar-refractivity contribution in [2.24, 2.45) is 0 Å². The van der Waals surface area contributed by atoms with Gasteiger partial charge in [-0.3, -0.25) is 9.69 Å². The van der Waals surface area contributed by atoms with Gasteiger partial charge in [0, 0.05) is 26.6 Å². The highest BCUT2D eigenvalue weighted by Crippen LogP contribution is 2.41. The zero-order valence-corrected chi connectivity index (χ0v) is 21.4. The van der Waals surface area contributed by atoms with E-state index in [1.807, 2.05) is 30.3 Å². The lowest BCUT2D eigenvalue weighted by Crippen LogP contribution is -2.46. The third kappa shape index (κ3) is 5.67. The van der Waals surface area contributed by atoms with Crippen LogP contribution in [0.5, 0.6) is 0 Å². The average molecular weight is 537 g/mol. The highest BCUT2D eigenvalue weighted by atomic mass is 35.5. The molecule has 1 amide bonds. The number of imidazole rings is 1. The second kappa shape index (κ2) is 11.2. The van der Waals surface area contributed by atoms with E-state index in [4.69, 9.17) is 11.6 Å². The monoisotopic (exact) mass is 536 g/mol. The number of nitrogens with one attached hydrogen (secondary N) is 1. The number of halogens is 5. The molecule has 198 valence electrons. The first-order valence-corrected chi connectivity index (χ1v) is 12.7. The number of carbonyl (C=O) groups is 1. The van der Waals surface area contributed by atoms with Crippen molar-refractivity contribution in [3.05, 3.63) is 87.7 Å².